The van der Waals surface area contributed by atoms with Gasteiger partial charge in [-0.2, -0.15) is 0 Å². The van der Waals surface area contributed by atoms with Gasteiger partial charge in [-0.05, 0) is 0 Å². The van der Waals surface area contributed by atoms with Crippen molar-refractivity contribution in [2.45, 2.75) is 24.9 Å². The van der Waals surface area contributed by atoms with Crippen molar-refractivity contribution in [2.24, 2.45) is 4.99 Å². The Morgan fingerprint density at radius 1 is 1.37 bits per heavy atom. The predicted octanol–water partition coefficient (Wildman–Crippen LogP) is -1.74. The van der Waals surface area contributed by atoms with Crippen LogP contribution in [0.15, 0.2) is 11.2 Å². The summed E-state index contributed by atoms with van der Waals surface area (Å²) in [6.07, 6.45) is 1.18. The number of rotatable bonds is 6. The molecule has 0 aromatic carbocycles. The number of hydrogen-bond acceptors (Lipinski definition) is 7. The minimum atomic E-state index is -1.03. The lowest BCUT2D eigenvalue weighted by Crippen LogP contribution is -2.44. The largest absolute Gasteiger partial charge is 0.395 e. The van der Waals surface area contributed by atoms with Crippen molar-refractivity contribution in [2.75, 3.05) is 18.5 Å². The van der Waals surface area contributed by atoms with Gasteiger partial charge in [-0.25, -0.2) is 4.99 Å². The molecule has 0 radical (unpaired) electrons. The highest BCUT2D eigenvalue weighted by Crippen LogP contribution is 2.29. The second-order valence-electron chi connectivity index (χ2n) is 4.32. The number of nitrogens with zero attached hydrogens (tertiary/aromatic N) is 1. The summed E-state index contributed by atoms with van der Waals surface area (Å²) in [4.78, 5) is 6.71. The van der Waals surface area contributed by atoms with Crippen molar-refractivity contribution in [3.8, 4) is 0 Å². The molecule has 2 heterocycles. The number of nitrogens with one attached hydrogen (secondary N) is 3. The van der Waals surface area contributed by atoms with Crippen molar-refractivity contribution in [1.82, 2.24) is 10.3 Å². The number of aliphatic imine (C=N–C) groups is 1. The van der Waals surface area contributed by atoms with Gasteiger partial charge < -0.3 is 36.0 Å². The highest BCUT2D eigenvalue weighted by molar-refractivity contribution is 5.81. The van der Waals surface area contributed by atoms with Crippen LogP contribution < -0.4 is 10.6 Å². The van der Waals surface area contributed by atoms with Crippen molar-refractivity contribution in [1.29, 1.82) is 0 Å². The predicted molar refractivity (Wildman–Crippen MR) is 68.7 cm³/mol. The van der Waals surface area contributed by atoms with E-state index < -0.39 is 25.0 Å². The molecule has 2 rings (SSSR count). The maximum Gasteiger partial charge on any atom is 0.190 e. The van der Waals surface area contributed by atoms with E-state index in [0.29, 0.717) is 12.2 Å². The van der Waals surface area contributed by atoms with E-state index in [1.807, 2.05) is 0 Å². The van der Waals surface area contributed by atoms with Gasteiger partial charge in [-0.15, -0.1) is 0 Å². The summed E-state index contributed by atoms with van der Waals surface area (Å²) >= 11 is 0. The normalized spacial score (nSPS) is 20.7. The van der Waals surface area contributed by atoms with Gasteiger partial charge in [0.05, 0.1) is 43.1 Å². The number of aromatic nitrogens is 1. The summed E-state index contributed by atoms with van der Waals surface area (Å²) in [7, 11) is 0. The fraction of sp³-hybridized carbons (Fsp3) is 0.545. The average molecular weight is 270 g/mol. The Kier molecular flexibility index (Phi) is 4.51. The molecule has 1 aliphatic rings. The van der Waals surface area contributed by atoms with Crippen LogP contribution in [0.3, 0.4) is 0 Å². The number of fused-ring (bicyclic) bond motifs is 1. The fourth-order valence-electron chi connectivity index (χ4n) is 1.93. The summed E-state index contributed by atoms with van der Waals surface area (Å²) in [5, 5.41) is 42.9. The van der Waals surface area contributed by atoms with Gasteiger partial charge in [0.2, 0.25) is 0 Å². The van der Waals surface area contributed by atoms with Crippen LogP contribution in [0, 0.1) is 0 Å². The van der Waals surface area contributed by atoms with Crippen LogP contribution in [-0.2, 0) is 6.54 Å². The van der Waals surface area contributed by atoms with E-state index in [4.69, 9.17) is 10.2 Å². The minimum Gasteiger partial charge on any atom is -0.395 e. The summed E-state index contributed by atoms with van der Waals surface area (Å²) in [5.41, 5.74) is 2.14. The quantitative estimate of drug-likeness (QED) is 0.328. The lowest BCUT2D eigenvalue weighted by atomic mass is 10.1. The molecule has 0 saturated carbocycles. The summed E-state index contributed by atoms with van der Waals surface area (Å²) < 4.78 is 0. The number of anilines is 1. The molecule has 3 atom stereocenters. The van der Waals surface area contributed by atoms with Gasteiger partial charge in [0, 0.05) is 18.3 Å². The Morgan fingerprint density at radius 2 is 2.16 bits per heavy atom. The molecule has 0 aliphatic carbocycles. The van der Waals surface area contributed by atoms with Gasteiger partial charge in [-0.3, -0.25) is 0 Å². The number of aliphatic hydroxyl groups is 4. The Balaban J connectivity index is 2.01. The molecule has 8 heteroatoms. The Hall–Kier alpha value is -1.45. The maximum absolute atomic E-state index is 9.62. The Labute approximate surface area is 109 Å². The van der Waals surface area contributed by atoms with Gasteiger partial charge in [0.25, 0.3) is 0 Å². The zero-order valence-electron chi connectivity index (χ0n) is 10.2. The molecule has 0 fully saturated rings. The summed E-state index contributed by atoms with van der Waals surface area (Å²) in [6.45, 7) is -0.347. The highest BCUT2D eigenvalue weighted by atomic mass is 16.3. The van der Waals surface area contributed by atoms with Crippen LogP contribution in [0.5, 0.6) is 0 Å². The Bertz CT molecular complexity index is 448. The van der Waals surface area contributed by atoms with Crippen LogP contribution in [0.25, 0.3) is 0 Å². The molecule has 7 N–H and O–H groups in total. The van der Waals surface area contributed by atoms with Crippen LogP contribution >= 0.6 is 0 Å². The first kappa shape index (κ1) is 14.0. The number of H-pyrrole nitrogens is 1. The smallest absolute Gasteiger partial charge is 0.190 e. The van der Waals surface area contributed by atoms with Crippen LogP contribution in [0.2, 0.25) is 0 Å². The minimum absolute atomic E-state index is 0.286. The first-order chi connectivity index (χ1) is 9.17. The monoisotopic (exact) mass is 270 g/mol. The van der Waals surface area contributed by atoms with Crippen LogP contribution in [0.1, 0.15) is 17.5 Å². The third-order valence-electron chi connectivity index (χ3n) is 3.08. The molecule has 19 heavy (non-hydrogen) atoms. The Morgan fingerprint density at radius 3 is 2.84 bits per heavy atom. The zero-order chi connectivity index (χ0) is 13.8. The van der Waals surface area contributed by atoms with E-state index in [1.165, 1.54) is 6.34 Å². The number of aromatic amines is 1. The van der Waals surface area contributed by atoms with Crippen LogP contribution in [0.4, 0.5) is 5.69 Å². The van der Waals surface area contributed by atoms with Gasteiger partial charge in [0.1, 0.15) is 0 Å². The number of aliphatic hydroxyl groups excluding tert-OH is 4. The molecule has 1 aromatic heterocycles. The van der Waals surface area contributed by atoms with Crippen LogP contribution in [-0.4, -0.2) is 57.1 Å². The molecule has 1 aliphatic heterocycles. The summed E-state index contributed by atoms with van der Waals surface area (Å²) in [5.74, 6) is 0. The molecule has 0 spiro atoms. The number of hydrogen-bond donors (Lipinski definition) is 7. The van der Waals surface area contributed by atoms with Gasteiger partial charge in [0.15, 0.2) is 6.23 Å². The third kappa shape index (κ3) is 2.94. The third-order valence-corrected chi connectivity index (χ3v) is 3.08. The van der Waals surface area contributed by atoms with E-state index in [2.05, 4.69) is 20.6 Å². The average Bonchev–Trinajstić information content (AvgIpc) is 2.84. The molecule has 1 unspecified atom stereocenters. The maximum atomic E-state index is 9.62. The van der Waals surface area contributed by atoms with Crippen molar-refractivity contribution in [3.63, 3.8) is 0 Å². The molecular weight excluding hydrogens is 252 g/mol. The second kappa shape index (κ2) is 6.13. The van der Waals surface area contributed by atoms with E-state index in [0.717, 1.165) is 11.3 Å². The lowest BCUT2D eigenvalue weighted by molar-refractivity contribution is 0.0410. The van der Waals surface area contributed by atoms with E-state index in [9.17, 15) is 10.2 Å². The molecule has 0 saturated heterocycles. The molecular formula is C11H18N4O4. The summed E-state index contributed by atoms with van der Waals surface area (Å²) in [6, 6.07) is -0.613. The van der Waals surface area contributed by atoms with Gasteiger partial charge in [-0.1, -0.05) is 0 Å². The van der Waals surface area contributed by atoms with Crippen molar-refractivity contribution < 1.29 is 20.4 Å². The first-order valence-corrected chi connectivity index (χ1v) is 5.97. The standard InChI is InChI=1S/C11H18N4O4/c16-3-7(8(18)4-17)12-1-6-2-13-10-9(6)14-5-15-11(10)19/h2,5,7-8,11-13,16-19H,1,3-4H2,(H,14,15)/t7-,8-,11?/m0/s1. The molecule has 106 valence electrons. The van der Waals surface area contributed by atoms with E-state index in [1.54, 1.807) is 6.20 Å². The molecule has 0 amide bonds. The molecule has 0 bridgehead atoms. The fourth-order valence-corrected chi connectivity index (χ4v) is 1.93. The van der Waals surface area contributed by atoms with Crippen molar-refractivity contribution in [3.05, 3.63) is 17.5 Å². The van der Waals surface area contributed by atoms with E-state index >= 15 is 0 Å². The molecule has 1 aromatic rings. The lowest BCUT2D eigenvalue weighted by Gasteiger charge is -2.21. The highest BCUT2D eigenvalue weighted by Gasteiger charge is 2.21. The first-order valence-electron chi connectivity index (χ1n) is 5.97. The van der Waals surface area contributed by atoms with Gasteiger partial charge >= 0.3 is 0 Å². The second-order valence-corrected chi connectivity index (χ2v) is 4.32. The zero-order valence-corrected chi connectivity index (χ0v) is 10.2. The van der Waals surface area contributed by atoms with E-state index in [-0.39, 0.29) is 6.61 Å². The SMILES string of the molecule is OC[C@H](NCc1c[nH]c2c1NC=NC2O)[C@@H](O)CO. The van der Waals surface area contributed by atoms with Crippen molar-refractivity contribution >= 4 is 12.0 Å². The molecule has 8 nitrogen and oxygen atoms in total. The topological polar surface area (TPSA) is 133 Å².